The molecule has 0 radical (unpaired) electrons. The van der Waals surface area contributed by atoms with E-state index in [2.05, 4.69) is 31.2 Å². The van der Waals surface area contributed by atoms with Crippen molar-refractivity contribution in [3.63, 3.8) is 0 Å². The second-order valence-electron chi connectivity index (χ2n) is 9.85. The number of ether oxygens (including phenoxy) is 1. The molecule has 0 bridgehead atoms. The van der Waals surface area contributed by atoms with E-state index in [1.165, 1.54) is 44.9 Å². The van der Waals surface area contributed by atoms with Gasteiger partial charge in [0, 0.05) is 18.8 Å². The maximum atomic E-state index is 12.0. The van der Waals surface area contributed by atoms with Gasteiger partial charge in [0.05, 0.1) is 21.1 Å². The molecule has 0 aromatic heterocycles. The van der Waals surface area contributed by atoms with Crippen molar-refractivity contribution in [2.75, 3.05) is 27.7 Å². The van der Waals surface area contributed by atoms with Crippen molar-refractivity contribution in [3.05, 3.63) is 24.3 Å². The number of quaternary nitrogens is 1. The Kier molecular flexibility index (Phi) is 19.0. The van der Waals surface area contributed by atoms with Crippen molar-refractivity contribution in [2.24, 2.45) is 0 Å². The van der Waals surface area contributed by atoms with Crippen molar-refractivity contribution >= 4 is 11.9 Å². The molecular formula is C27H49NO4. The molecule has 0 N–H and O–H groups in total. The fourth-order valence-corrected chi connectivity index (χ4v) is 3.62. The van der Waals surface area contributed by atoms with E-state index in [0.717, 1.165) is 38.5 Å². The molecule has 5 nitrogen and oxygen atoms in total. The van der Waals surface area contributed by atoms with Gasteiger partial charge in [-0.25, -0.2) is 0 Å². The molecule has 0 rings (SSSR count). The molecule has 186 valence electrons. The summed E-state index contributed by atoms with van der Waals surface area (Å²) in [7, 11) is 5.83. The molecule has 0 aromatic rings. The molecule has 0 saturated heterocycles. The second kappa shape index (κ2) is 20.0. The van der Waals surface area contributed by atoms with Crippen molar-refractivity contribution < 1.29 is 23.9 Å². The number of allylic oxidation sites excluding steroid dienone is 4. The number of nitrogens with zero attached hydrogens (tertiary/aromatic N) is 1. The number of carboxylic acids is 1. The van der Waals surface area contributed by atoms with E-state index in [9.17, 15) is 14.7 Å². The number of carbonyl (C=O) groups excluding carboxylic acids is 2. The highest BCUT2D eigenvalue weighted by Crippen LogP contribution is 2.11. The molecule has 0 aliphatic carbocycles. The van der Waals surface area contributed by atoms with Gasteiger partial charge in [0.1, 0.15) is 6.54 Å². The largest absolute Gasteiger partial charge is 0.550 e. The number of esters is 1. The average Bonchev–Trinajstić information content (AvgIpc) is 2.68. The molecular weight excluding hydrogens is 402 g/mol. The minimum atomic E-state index is -1.18. The van der Waals surface area contributed by atoms with Crippen LogP contribution in [-0.2, 0) is 14.3 Å². The predicted octanol–water partition coefficient (Wildman–Crippen LogP) is 5.34. The predicted molar refractivity (Wildman–Crippen MR) is 131 cm³/mol. The lowest BCUT2D eigenvalue weighted by Crippen LogP contribution is -2.45. The van der Waals surface area contributed by atoms with Crippen LogP contribution in [0, 0.1) is 0 Å². The Morgan fingerprint density at radius 2 is 1.34 bits per heavy atom. The fourth-order valence-electron chi connectivity index (χ4n) is 3.62. The van der Waals surface area contributed by atoms with Crippen molar-refractivity contribution in [2.45, 2.75) is 109 Å². The van der Waals surface area contributed by atoms with Crippen molar-refractivity contribution in [1.29, 1.82) is 0 Å². The summed E-state index contributed by atoms with van der Waals surface area (Å²) in [6.45, 7) is 2.71. The van der Waals surface area contributed by atoms with Crippen LogP contribution in [0.2, 0.25) is 0 Å². The number of rotatable bonds is 21. The summed E-state index contributed by atoms with van der Waals surface area (Å²) >= 11 is 0. The lowest BCUT2D eigenvalue weighted by atomic mass is 10.1. The maximum Gasteiger partial charge on any atom is 0.306 e. The Balaban J connectivity index is 3.68. The minimum Gasteiger partial charge on any atom is -0.550 e. The van der Waals surface area contributed by atoms with Crippen LogP contribution in [0.5, 0.6) is 0 Å². The lowest BCUT2D eigenvalue weighted by Gasteiger charge is -2.29. The van der Waals surface area contributed by atoms with Gasteiger partial charge in [-0.1, -0.05) is 76.2 Å². The molecule has 0 spiro atoms. The number of hydrogen-bond acceptors (Lipinski definition) is 4. The quantitative estimate of drug-likeness (QED) is 0.102. The first-order valence-corrected chi connectivity index (χ1v) is 12.7. The molecule has 0 aliphatic rings. The third kappa shape index (κ3) is 23.1. The fraction of sp³-hybridized carbons (Fsp3) is 0.778. The summed E-state index contributed by atoms with van der Waals surface area (Å²) in [6, 6.07) is 0. The summed E-state index contributed by atoms with van der Waals surface area (Å²) < 4.78 is 5.91. The van der Waals surface area contributed by atoms with E-state index < -0.39 is 12.1 Å². The third-order valence-electron chi connectivity index (χ3n) is 5.28. The van der Waals surface area contributed by atoms with E-state index in [0.29, 0.717) is 17.4 Å². The van der Waals surface area contributed by atoms with Crippen LogP contribution in [0.25, 0.3) is 0 Å². The Morgan fingerprint density at radius 1 is 0.812 bits per heavy atom. The Hall–Kier alpha value is -1.62. The SMILES string of the molecule is CCCCCCCC/C=C/C/C=C/CCCCCCC(=O)OC(CC(=O)[O-])C[N+](C)(C)C. The maximum absolute atomic E-state index is 12.0. The van der Waals surface area contributed by atoms with E-state index in [1.807, 2.05) is 21.1 Å². The van der Waals surface area contributed by atoms with Crippen molar-refractivity contribution in [1.82, 2.24) is 0 Å². The minimum absolute atomic E-state index is 0.248. The highest BCUT2D eigenvalue weighted by atomic mass is 16.5. The first-order valence-electron chi connectivity index (χ1n) is 12.7. The molecule has 0 saturated carbocycles. The standard InChI is InChI=1S/C27H49NO4/c1-5-6-7-8-9-10-11-12-13-14-15-16-17-18-19-20-21-22-27(31)32-25(23-26(29)30)24-28(2,3)4/h12-13,15-16,25H,5-11,14,17-24H2,1-4H3/b13-12+,16-15+. The Morgan fingerprint density at radius 3 is 1.88 bits per heavy atom. The molecule has 1 atom stereocenters. The Bertz CT molecular complexity index is 534. The number of hydrogen-bond donors (Lipinski definition) is 0. The van der Waals surface area contributed by atoms with E-state index in [-0.39, 0.29) is 12.4 Å². The number of likely N-dealkylation sites (N-methyl/N-ethyl adjacent to an activating group) is 1. The summed E-state index contributed by atoms with van der Waals surface area (Å²) in [5.74, 6) is -1.49. The first kappa shape index (κ1) is 30.4. The highest BCUT2D eigenvalue weighted by Gasteiger charge is 2.22. The summed E-state index contributed by atoms with van der Waals surface area (Å²) in [5.41, 5.74) is 0. The van der Waals surface area contributed by atoms with Gasteiger partial charge in [-0.05, 0) is 38.5 Å². The summed E-state index contributed by atoms with van der Waals surface area (Å²) in [4.78, 5) is 22.9. The molecule has 0 amide bonds. The number of unbranched alkanes of at least 4 members (excludes halogenated alkanes) is 10. The zero-order chi connectivity index (χ0) is 24.1. The smallest absolute Gasteiger partial charge is 0.306 e. The van der Waals surface area contributed by atoms with Gasteiger partial charge in [0.25, 0.3) is 0 Å². The van der Waals surface area contributed by atoms with E-state index in [4.69, 9.17) is 4.74 Å². The van der Waals surface area contributed by atoms with Gasteiger partial charge in [0.15, 0.2) is 6.10 Å². The molecule has 32 heavy (non-hydrogen) atoms. The van der Waals surface area contributed by atoms with Gasteiger partial charge >= 0.3 is 5.97 Å². The lowest BCUT2D eigenvalue weighted by molar-refractivity contribution is -0.873. The third-order valence-corrected chi connectivity index (χ3v) is 5.28. The number of carboxylic acid groups (broad SMARTS) is 1. The van der Waals surface area contributed by atoms with Crippen LogP contribution in [0.15, 0.2) is 24.3 Å². The van der Waals surface area contributed by atoms with E-state index >= 15 is 0 Å². The van der Waals surface area contributed by atoms with Crippen LogP contribution in [0.4, 0.5) is 0 Å². The molecule has 1 unspecified atom stereocenters. The number of aliphatic carboxylic acids is 1. The normalized spacial score (nSPS) is 13.1. The van der Waals surface area contributed by atoms with Crippen LogP contribution in [0.3, 0.4) is 0 Å². The Labute approximate surface area is 197 Å². The van der Waals surface area contributed by atoms with Crippen LogP contribution >= 0.6 is 0 Å². The zero-order valence-electron chi connectivity index (χ0n) is 21.3. The van der Waals surface area contributed by atoms with Gasteiger partial charge in [0.2, 0.25) is 0 Å². The first-order chi connectivity index (χ1) is 15.2. The van der Waals surface area contributed by atoms with Crippen molar-refractivity contribution in [3.8, 4) is 0 Å². The number of carbonyl (C=O) groups is 2. The van der Waals surface area contributed by atoms with Crippen LogP contribution in [-0.4, -0.2) is 50.2 Å². The van der Waals surface area contributed by atoms with Gasteiger partial charge < -0.3 is 19.1 Å². The van der Waals surface area contributed by atoms with Crippen LogP contribution < -0.4 is 5.11 Å². The molecule has 0 aromatic carbocycles. The van der Waals surface area contributed by atoms with Gasteiger partial charge in [-0.15, -0.1) is 0 Å². The molecule has 0 fully saturated rings. The second-order valence-corrected chi connectivity index (χ2v) is 9.85. The van der Waals surface area contributed by atoms with Gasteiger partial charge in [-0.3, -0.25) is 4.79 Å². The zero-order valence-corrected chi connectivity index (χ0v) is 21.3. The monoisotopic (exact) mass is 451 g/mol. The van der Waals surface area contributed by atoms with Crippen LogP contribution in [0.1, 0.15) is 103 Å². The molecule has 0 aliphatic heterocycles. The molecule has 5 heteroatoms. The molecule has 0 heterocycles. The highest BCUT2D eigenvalue weighted by molar-refractivity contribution is 5.70. The summed E-state index contributed by atoms with van der Waals surface area (Å²) in [5, 5.41) is 10.9. The average molecular weight is 452 g/mol. The van der Waals surface area contributed by atoms with Gasteiger partial charge in [-0.2, -0.15) is 0 Å². The summed E-state index contributed by atoms with van der Waals surface area (Å²) in [6.07, 6.45) is 23.9. The van der Waals surface area contributed by atoms with E-state index in [1.54, 1.807) is 0 Å². The topological polar surface area (TPSA) is 66.4 Å².